The fourth-order valence-corrected chi connectivity index (χ4v) is 1.75. The zero-order chi connectivity index (χ0) is 13.8. The van der Waals surface area contributed by atoms with Crippen LogP contribution in [0, 0.1) is 11.3 Å². The van der Waals surface area contributed by atoms with E-state index in [4.69, 9.17) is 10.4 Å². The van der Waals surface area contributed by atoms with Crippen LogP contribution in [0.25, 0.3) is 0 Å². The molecule has 0 amide bonds. The molecule has 2 rings (SSSR count). The summed E-state index contributed by atoms with van der Waals surface area (Å²) in [5.74, 6) is -1.56. The third-order valence-electron chi connectivity index (χ3n) is 2.66. The van der Waals surface area contributed by atoms with Crippen molar-refractivity contribution in [2.24, 2.45) is 0 Å². The Morgan fingerprint density at radius 3 is 2.32 bits per heavy atom. The second-order valence-electron chi connectivity index (χ2n) is 3.87. The molecule has 0 fully saturated rings. The van der Waals surface area contributed by atoms with E-state index in [9.17, 15) is 9.59 Å². The van der Waals surface area contributed by atoms with Crippen molar-refractivity contribution in [1.29, 1.82) is 5.26 Å². The molecule has 92 valence electrons. The van der Waals surface area contributed by atoms with Gasteiger partial charge in [-0.1, -0.05) is 30.3 Å². The second-order valence-corrected chi connectivity index (χ2v) is 3.87. The standard InChI is InChI=1S/C15H9NO3/c16-9-10-4-3-5-11(8-10)14(17)12-6-1-2-7-13(12)15(18)19/h1-8H,(H,18,19). The van der Waals surface area contributed by atoms with Crippen molar-refractivity contribution in [1.82, 2.24) is 0 Å². The molecule has 4 nitrogen and oxygen atoms in total. The molecule has 0 heterocycles. The summed E-state index contributed by atoms with van der Waals surface area (Å²) < 4.78 is 0. The Morgan fingerprint density at radius 2 is 1.68 bits per heavy atom. The van der Waals surface area contributed by atoms with Crippen molar-refractivity contribution in [3.63, 3.8) is 0 Å². The smallest absolute Gasteiger partial charge is 0.336 e. The molecule has 2 aromatic rings. The minimum absolute atomic E-state index is 0.0464. The number of nitriles is 1. The molecule has 0 aromatic heterocycles. The van der Waals surface area contributed by atoms with Crippen LogP contribution in [0.15, 0.2) is 48.5 Å². The zero-order valence-electron chi connectivity index (χ0n) is 9.83. The highest BCUT2D eigenvalue weighted by molar-refractivity contribution is 6.14. The third-order valence-corrected chi connectivity index (χ3v) is 2.66. The average molecular weight is 251 g/mol. The van der Waals surface area contributed by atoms with Crippen LogP contribution in [0.3, 0.4) is 0 Å². The Balaban J connectivity index is 2.50. The van der Waals surface area contributed by atoms with Gasteiger partial charge in [0.25, 0.3) is 0 Å². The normalized spacial score (nSPS) is 9.63. The van der Waals surface area contributed by atoms with Gasteiger partial charge in [0.2, 0.25) is 0 Å². The fraction of sp³-hybridized carbons (Fsp3) is 0. The summed E-state index contributed by atoms with van der Waals surface area (Å²) in [4.78, 5) is 23.3. The highest BCUT2D eigenvalue weighted by Crippen LogP contribution is 2.15. The molecule has 0 atom stereocenters. The van der Waals surface area contributed by atoms with Gasteiger partial charge in [0.15, 0.2) is 5.78 Å². The van der Waals surface area contributed by atoms with Gasteiger partial charge in [-0.25, -0.2) is 4.79 Å². The number of carbonyl (C=O) groups excluding carboxylic acids is 1. The molecule has 2 aromatic carbocycles. The molecule has 0 aliphatic heterocycles. The van der Waals surface area contributed by atoms with Gasteiger partial charge in [-0.3, -0.25) is 4.79 Å². The van der Waals surface area contributed by atoms with Crippen LogP contribution >= 0.6 is 0 Å². The predicted molar refractivity (Wildman–Crippen MR) is 68.0 cm³/mol. The maximum atomic E-state index is 12.3. The summed E-state index contributed by atoms with van der Waals surface area (Å²) in [6.07, 6.45) is 0. The lowest BCUT2D eigenvalue weighted by molar-refractivity contribution is 0.0693. The number of rotatable bonds is 3. The van der Waals surface area contributed by atoms with Crippen LogP contribution in [0.2, 0.25) is 0 Å². The lowest BCUT2D eigenvalue weighted by Crippen LogP contribution is -2.09. The number of nitrogens with zero attached hydrogens (tertiary/aromatic N) is 1. The van der Waals surface area contributed by atoms with Crippen LogP contribution in [0.1, 0.15) is 31.8 Å². The SMILES string of the molecule is N#Cc1cccc(C(=O)c2ccccc2C(=O)O)c1. The van der Waals surface area contributed by atoms with Crippen molar-refractivity contribution in [3.05, 3.63) is 70.8 Å². The Bertz CT molecular complexity index is 699. The quantitative estimate of drug-likeness (QED) is 0.850. The molecule has 0 saturated carbocycles. The Labute approximate surface area is 109 Å². The Hall–Kier alpha value is -2.93. The maximum Gasteiger partial charge on any atom is 0.336 e. The van der Waals surface area contributed by atoms with Crippen LogP contribution in [-0.4, -0.2) is 16.9 Å². The number of ketones is 1. The highest BCUT2D eigenvalue weighted by Gasteiger charge is 2.17. The summed E-state index contributed by atoms with van der Waals surface area (Å²) in [5.41, 5.74) is 0.728. The molecule has 0 unspecified atom stereocenters. The van der Waals surface area contributed by atoms with Gasteiger partial charge in [0.1, 0.15) is 0 Å². The van der Waals surface area contributed by atoms with E-state index >= 15 is 0 Å². The summed E-state index contributed by atoms with van der Waals surface area (Å²) in [6, 6.07) is 14.1. The number of hydrogen-bond acceptors (Lipinski definition) is 3. The molecular weight excluding hydrogens is 242 g/mol. The van der Waals surface area contributed by atoms with Gasteiger partial charge in [0, 0.05) is 11.1 Å². The van der Waals surface area contributed by atoms with Crippen molar-refractivity contribution >= 4 is 11.8 Å². The highest BCUT2D eigenvalue weighted by atomic mass is 16.4. The van der Waals surface area contributed by atoms with Crippen molar-refractivity contribution in [2.45, 2.75) is 0 Å². The van der Waals surface area contributed by atoms with Gasteiger partial charge in [-0.2, -0.15) is 5.26 Å². The largest absolute Gasteiger partial charge is 0.478 e. The number of benzene rings is 2. The minimum Gasteiger partial charge on any atom is -0.478 e. The number of carboxylic acid groups (broad SMARTS) is 1. The summed E-state index contributed by atoms with van der Waals surface area (Å²) >= 11 is 0. The molecule has 0 spiro atoms. The second kappa shape index (κ2) is 5.15. The lowest BCUT2D eigenvalue weighted by atomic mass is 9.97. The van der Waals surface area contributed by atoms with E-state index in [2.05, 4.69) is 0 Å². The van der Waals surface area contributed by atoms with E-state index < -0.39 is 11.8 Å². The van der Waals surface area contributed by atoms with Crippen molar-refractivity contribution in [2.75, 3.05) is 0 Å². The first kappa shape index (κ1) is 12.5. The van der Waals surface area contributed by atoms with Crippen molar-refractivity contribution in [3.8, 4) is 6.07 Å². The number of hydrogen-bond donors (Lipinski definition) is 1. The van der Waals surface area contributed by atoms with Crippen molar-refractivity contribution < 1.29 is 14.7 Å². The number of carboxylic acids is 1. The molecule has 0 aliphatic carbocycles. The van der Waals surface area contributed by atoms with E-state index in [0.29, 0.717) is 11.1 Å². The molecule has 4 heteroatoms. The first-order chi connectivity index (χ1) is 9.13. The maximum absolute atomic E-state index is 12.3. The van der Waals surface area contributed by atoms with Crippen LogP contribution in [0.5, 0.6) is 0 Å². The number of aromatic carboxylic acids is 1. The fourth-order valence-electron chi connectivity index (χ4n) is 1.75. The van der Waals surface area contributed by atoms with E-state index in [1.807, 2.05) is 6.07 Å². The summed E-state index contributed by atoms with van der Waals surface area (Å²) in [6.45, 7) is 0. The van der Waals surface area contributed by atoms with Gasteiger partial charge < -0.3 is 5.11 Å². The molecule has 0 bridgehead atoms. The molecule has 0 aliphatic rings. The monoisotopic (exact) mass is 251 g/mol. The summed E-state index contributed by atoms with van der Waals surface area (Å²) in [7, 11) is 0. The molecule has 1 N–H and O–H groups in total. The van der Waals surface area contributed by atoms with E-state index in [1.165, 1.54) is 18.2 Å². The van der Waals surface area contributed by atoms with Gasteiger partial charge >= 0.3 is 5.97 Å². The van der Waals surface area contributed by atoms with Gasteiger partial charge in [0.05, 0.1) is 17.2 Å². The third kappa shape index (κ3) is 2.50. The zero-order valence-corrected chi connectivity index (χ0v) is 9.83. The topological polar surface area (TPSA) is 78.2 Å². The Morgan fingerprint density at radius 1 is 1.00 bits per heavy atom. The van der Waals surface area contributed by atoms with E-state index in [0.717, 1.165) is 0 Å². The Kier molecular flexibility index (Phi) is 3.39. The first-order valence-electron chi connectivity index (χ1n) is 5.50. The predicted octanol–water partition coefficient (Wildman–Crippen LogP) is 2.49. The van der Waals surface area contributed by atoms with Gasteiger partial charge in [-0.15, -0.1) is 0 Å². The van der Waals surface area contributed by atoms with Crippen LogP contribution < -0.4 is 0 Å². The van der Waals surface area contributed by atoms with E-state index in [1.54, 1.807) is 30.3 Å². The van der Waals surface area contributed by atoms with Gasteiger partial charge in [-0.05, 0) is 18.2 Å². The minimum atomic E-state index is -1.15. The first-order valence-corrected chi connectivity index (χ1v) is 5.50. The molecular formula is C15H9NO3. The van der Waals surface area contributed by atoms with Crippen LogP contribution in [0.4, 0.5) is 0 Å². The number of carbonyl (C=O) groups is 2. The lowest BCUT2D eigenvalue weighted by Gasteiger charge is -2.05. The molecule has 0 saturated heterocycles. The van der Waals surface area contributed by atoms with Crippen LogP contribution in [-0.2, 0) is 0 Å². The average Bonchev–Trinajstić information content (AvgIpc) is 2.46. The molecule has 19 heavy (non-hydrogen) atoms. The van der Waals surface area contributed by atoms with E-state index in [-0.39, 0.29) is 11.1 Å². The summed E-state index contributed by atoms with van der Waals surface area (Å²) in [5, 5.41) is 17.9. The molecule has 0 radical (unpaired) electrons.